The Morgan fingerprint density at radius 1 is 1.09 bits per heavy atom. The molecule has 1 heteroatoms. The first kappa shape index (κ1) is 5.30. The molecule has 2 aliphatic rings. The first-order valence-electron chi connectivity index (χ1n) is 3.73. The predicted octanol–water partition coefficient (Wildman–Crippen LogP) is 1.90. The molecule has 0 saturated carbocycles. The number of carbonyl (C=O) groups is 1. The molecule has 0 saturated heterocycles. The molecule has 0 fully saturated rings. The maximum absolute atomic E-state index is 11.4. The van der Waals surface area contributed by atoms with Gasteiger partial charge in [-0.25, -0.2) is 0 Å². The molecule has 0 bridgehead atoms. The Bertz CT molecular complexity index is 373. The number of hydrogen-bond acceptors (Lipinski definition) is 1. The summed E-state index contributed by atoms with van der Waals surface area (Å²) in [6, 6.07) is 7.83. The molecule has 0 heterocycles. The summed E-state index contributed by atoms with van der Waals surface area (Å²) in [5.41, 5.74) is 3.31. The van der Waals surface area contributed by atoms with Gasteiger partial charge in [0.1, 0.15) is 0 Å². The minimum atomic E-state index is 0.160. The Morgan fingerprint density at radius 2 is 1.82 bits per heavy atom. The highest BCUT2D eigenvalue weighted by Crippen LogP contribution is 2.48. The van der Waals surface area contributed by atoms with Gasteiger partial charge < -0.3 is 0 Å². The molecule has 1 unspecified atom stereocenters. The van der Waals surface area contributed by atoms with Crippen LogP contribution in [0.25, 0.3) is 5.57 Å². The molecule has 1 aromatic rings. The molecule has 3 rings (SSSR count). The standard InChI is InChI=1S/C10H6O/c11-10-7-4-2-1-3-6(7)8-5-9(8)10/h1-5,9H. The Kier molecular flexibility index (Phi) is 0.698. The van der Waals surface area contributed by atoms with E-state index in [2.05, 4.69) is 0 Å². The van der Waals surface area contributed by atoms with Crippen molar-refractivity contribution in [3.05, 3.63) is 41.5 Å². The van der Waals surface area contributed by atoms with E-state index in [1.807, 2.05) is 30.3 Å². The van der Waals surface area contributed by atoms with Crippen molar-refractivity contribution >= 4 is 11.4 Å². The first-order chi connectivity index (χ1) is 5.38. The largest absolute Gasteiger partial charge is 0.293 e. The van der Waals surface area contributed by atoms with Gasteiger partial charge in [-0.3, -0.25) is 4.79 Å². The maximum atomic E-state index is 11.4. The molecule has 1 aromatic carbocycles. The van der Waals surface area contributed by atoms with Crippen LogP contribution < -0.4 is 0 Å². The fourth-order valence-electron chi connectivity index (χ4n) is 1.72. The highest BCUT2D eigenvalue weighted by atomic mass is 16.1. The minimum absolute atomic E-state index is 0.160. The topological polar surface area (TPSA) is 17.1 Å². The summed E-state index contributed by atoms with van der Waals surface area (Å²) >= 11 is 0. The van der Waals surface area contributed by atoms with Crippen LogP contribution in [0.4, 0.5) is 0 Å². The highest BCUT2D eigenvalue weighted by molar-refractivity contribution is 6.21. The zero-order valence-electron chi connectivity index (χ0n) is 5.87. The number of benzene rings is 1. The average molecular weight is 142 g/mol. The van der Waals surface area contributed by atoms with E-state index in [4.69, 9.17) is 0 Å². The van der Waals surface area contributed by atoms with E-state index in [-0.39, 0.29) is 11.7 Å². The first-order valence-corrected chi connectivity index (χ1v) is 3.73. The smallest absolute Gasteiger partial charge is 0.174 e. The lowest BCUT2D eigenvalue weighted by atomic mass is 10.1. The van der Waals surface area contributed by atoms with Gasteiger partial charge >= 0.3 is 0 Å². The second-order valence-electron chi connectivity index (χ2n) is 3.01. The van der Waals surface area contributed by atoms with Crippen molar-refractivity contribution in [2.45, 2.75) is 0 Å². The molecule has 0 spiro atoms. The summed E-state index contributed by atoms with van der Waals surface area (Å²) in [5, 5.41) is 0. The Balaban J connectivity index is 2.37. The van der Waals surface area contributed by atoms with Crippen molar-refractivity contribution in [2.24, 2.45) is 5.92 Å². The van der Waals surface area contributed by atoms with Crippen molar-refractivity contribution in [3.63, 3.8) is 0 Å². The quantitative estimate of drug-likeness (QED) is 0.540. The van der Waals surface area contributed by atoms with E-state index in [0.29, 0.717) is 0 Å². The summed E-state index contributed by atoms with van der Waals surface area (Å²) in [6.45, 7) is 0. The van der Waals surface area contributed by atoms with Crippen LogP contribution >= 0.6 is 0 Å². The van der Waals surface area contributed by atoms with Gasteiger partial charge in [-0.2, -0.15) is 0 Å². The van der Waals surface area contributed by atoms with Crippen LogP contribution in [0.15, 0.2) is 30.3 Å². The molecule has 0 aliphatic heterocycles. The number of Topliss-reactive ketones (excluding diaryl/α,β-unsaturated/α-hetero) is 1. The number of ketones is 1. The summed E-state index contributed by atoms with van der Waals surface area (Å²) in [7, 11) is 0. The van der Waals surface area contributed by atoms with Gasteiger partial charge in [0.25, 0.3) is 0 Å². The highest BCUT2D eigenvalue weighted by Gasteiger charge is 2.41. The third-order valence-electron chi connectivity index (χ3n) is 2.36. The molecule has 1 nitrogen and oxygen atoms in total. The van der Waals surface area contributed by atoms with Gasteiger partial charge in [-0.15, -0.1) is 0 Å². The molecule has 52 valence electrons. The zero-order chi connectivity index (χ0) is 7.42. The number of carbonyl (C=O) groups excluding carboxylic acids is 1. The van der Waals surface area contributed by atoms with Gasteiger partial charge in [0.2, 0.25) is 0 Å². The third kappa shape index (κ3) is 0.497. The van der Waals surface area contributed by atoms with Crippen molar-refractivity contribution < 1.29 is 4.79 Å². The SMILES string of the molecule is O=C1c2ccccc2C2=CC12. The van der Waals surface area contributed by atoms with Gasteiger partial charge in [0, 0.05) is 5.56 Å². The van der Waals surface area contributed by atoms with E-state index in [1.54, 1.807) is 0 Å². The normalized spacial score (nSPS) is 24.2. The number of hydrogen-bond donors (Lipinski definition) is 0. The number of allylic oxidation sites excluding steroid dienone is 2. The van der Waals surface area contributed by atoms with Gasteiger partial charge in [-0.05, 0) is 11.1 Å². The lowest BCUT2D eigenvalue weighted by Crippen LogP contribution is -1.96. The van der Waals surface area contributed by atoms with Crippen LogP contribution in [-0.4, -0.2) is 5.78 Å². The predicted molar refractivity (Wildman–Crippen MR) is 42.2 cm³/mol. The lowest BCUT2D eigenvalue weighted by molar-refractivity contribution is 0.0984. The summed E-state index contributed by atoms with van der Waals surface area (Å²) < 4.78 is 0. The van der Waals surface area contributed by atoms with E-state index in [0.717, 1.165) is 11.1 Å². The second-order valence-corrected chi connectivity index (χ2v) is 3.01. The number of fused-ring (bicyclic) bond motifs is 3. The Labute approximate surface area is 64.4 Å². The Morgan fingerprint density at radius 3 is 2.55 bits per heavy atom. The van der Waals surface area contributed by atoms with Gasteiger partial charge in [-0.1, -0.05) is 30.3 Å². The molecule has 0 aromatic heterocycles. The van der Waals surface area contributed by atoms with Crippen molar-refractivity contribution in [2.75, 3.05) is 0 Å². The average Bonchev–Trinajstić information content (AvgIpc) is 2.78. The van der Waals surface area contributed by atoms with E-state index in [1.165, 1.54) is 5.57 Å². The van der Waals surface area contributed by atoms with Gasteiger partial charge in [0.15, 0.2) is 5.78 Å². The lowest BCUT2D eigenvalue weighted by Gasteiger charge is -1.94. The van der Waals surface area contributed by atoms with E-state index >= 15 is 0 Å². The van der Waals surface area contributed by atoms with Crippen molar-refractivity contribution in [3.8, 4) is 0 Å². The van der Waals surface area contributed by atoms with Crippen LogP contribution in [0, 0.1) is 5.92 Å². The molecule has 1 atom stereocenters. The molecule has 0 N–H and O–H groups in total. The molecular formula is C10H6O. The maximum Gasteiger partial charge on any atom is 0.174 e. The zero-order valence-corrected chi connectivity index (χ0v) is 5.87. The molecule has 0 amide bonds. The molecule has 11 heavy (non-hydrogen) atoms. The third-order valence-corrected chi connectivity index (χ3v) is 2.36. The fourth-order valence-corrected chi connectivity index (χ4v) is 1.72. The molecule has 2 aliphatic carbocycles. The fraction of sp³-hybridized carbons (Fsp3) is 0.100. The van der Waals surface area contributed by atoms with Crippen molar-refractivity contribution in [1.82, 2.24) is 0 Å². The van der Waals surface area contributed by atoms with Crippen LogP contribution in [-0.2, 0) is 0 Å². The Hall–Kier alpha value is -1.37. The van der Waals surface area contributed by atoms with Crippen LogP contribution in [0.3, 0.4) is 0 Å². The summed E-state index contributed by atoms with van der Waals surface area (Å²) in [5.74, 6) is 0.447. The van der Waals surface area contributed by atoms with Crippen LogP contribution in [0.5, 0.6) is 0 Å². The summed E-state index contributed by atoms with van der Waals surface area (Å²) in [4.78, 5) is 11.4. The van der Waals surface area contributed by atoms with E-state index in [9.17, 15) is 4.79 Å². The minimum Gasteiger partial charge on any atom is -0.293 e. The second kappa shape index (κ2) is 1.45. The van der Waals surface area contributed by atoms with Gasteiger partial charge in [0.05, 0.1) is 5.92 Å². The molecule has 0 radical (unpaired) electrons. The van der Waals surface area contributed by atoms with Crippen LogP contribution in [0.2, 0.25) is 0 Å². The molecular weight excluding hydrogens is 136 g/mol. The van der Waals surface area contributed by atoms with Crippen molar-refractivity contribution in [1.29, 1.82) is 0 Å². The number of rotatable bonds is 0. The summed E-state index contributed by atoms with van der Waals surface area (Å²) in [6.07, 6.45) is 2.03. The van der Waals surface area contributed by atoms with E-state index < -0.39 is 0 Å². The van der Waals surface area contributed by atoms with Crippen LogP contribution in [0.1, 0.15) is 15.9 Å². The monoisotopic (exact) mass is 142 g/mol.